The molecule has 1 rings (SSSR count). The molecule has 0 aliphatic carbocycles. The third kappa shape index (κ3) is 4.11. The van der Waals surface area contributed by atoms with E-state index in [0.29, 0.717) is 6.54 Å². The average molecular weight is 238 g/mol. The van der Waals surface area contributed by atoms with E-state index in [1.54, 1.807) is 12.1 Å². The lowest BCUT2D eigenvalue weighted by atomic mass is 10.1. The third-order valence-electron chi connectivity index (χ3n) is 2.33. The van der Waals surface area contributed by atoms with Crippen LogP contribution in [0.25, 0.3) is 0 Å². The molecular weight excluding hydrogens is 223 g/mol. The van der Waals surface area contributed by atoms with Crippen LogP contribution in [0.1, 0.15) is 18.1 Å². The average Bonchev–Trinajstić information content (AvgIpc) is 2.31. The van der Waals surface area contributed by atoms with Gasteiger partial charge in [0.1, 0.15) is 11.9 Å². The molecule has 4 nitrogen and oxygen atoms in total. The number of aliphatic hydroxyl groups excluding tert-OH is 1. The van der Waals surface area contributed by atoms with Crippen molar-refractivity contribution in [2.45, 2.75) is 19.1 Å². The number of nitriles is 1. The fourth-order valence-electron chi connectivity index (χ4n) is 1.30. The van der Waals surface area contributed by atoms with Gasteiger partial charge in [-0.05, 0) is 24.6 Å². The quantitative estimate of drug-likeness (QED) is 0.699. The summed E-state index contributed by atoms with van der Waals surface area (Å²) in [6, 6.07) is 6.02. The standard InChI is InChI=1S/C12H15FN2O2/c1-12(17,8-16)7-15-6-9-2-3-11(13)10(4-9)5-14/h2-4,15-17H,6-8H2,1H3. The van der Waals surface area contributed by atoms with Gasteiger partial charge in [-0.2, -0.15) is 5.26 Å². The molecule has 0 radical (unpaired) electrons. The largest absolute Gasteiger partial charge is 0.393 e. The highest BCUT2D eigenvalue weighted by Gasteiger charge is 2.17. The van der Waals surface area contributed by atoms with Gasteiger partial charge in [0.15, 0.2) is 0 Å². The van der Waals surface area contributed by atoms with E-state index in [0.717, 1.165) is 5.56 Å². The van der Waals surface area contributed by atoms with Crippen molar-refractivity contribution in [2.75, 3.05) is 13.2 Å². The Morgan fingerprint density at radius 2 is 2.24 bits per heavy atom. The second-order valence-electron chi connectivity index (χ2n) is 4.18. The molecule has 1 atom stereocenters. The van der Waals surface area contributed by atoms with Crippen molar-refractivity contribution in [2.24, 2.45) is 0 Å². The second kappa shape index (κ2) is 5.73. The monoisotopic (exact) mass is 238 g/mol. The number of hydrogen-bond acceptors (Lipinski definition) is 4. The van der Waals surface area contributed by atoms with Crippen molar-refractivity contribution in [1.29, 1.82) is 5.26 Å². The van der Waals surface area contributed by atoms with E-state index in [1.165, 1.54) is 19.1 Å². The van der Waals surface area contributed by atoms with Gasteiger partial charge in [0.2, 0.25) is 0 Å². The Morgan fingerprint density at radius 3 is 2.82 bits per heavy atom. The molecule has 0 aliphatic heterocycles. The van der Waals surface area contributed by atoms with Crippen LogP contribution in [-0.4, -0.2) is 29.0 Å². The van der Waals surface area contributed by atoms with Crippen LogP contribution in [-0.2, 0) is 6.54 Å². The minimum atomic E-state index is -1.18. The summed E-state index contributed by atoms with van der Waals surface area (Å²) < 4.78 is 13.0. The highest BCUT2D eigenvalue weighted by atomic mass is 19.1. The lowest BCUT2D eigenvalue weighted by molar-refractivity contribution is 0.00254. The molecule has 5 heteroatoms. The number of nitrogens with one attached hydrogen (secondary N) is 1. The van der Waals surface area contributed by atoms with Crippen LogP contribution >= 0.6 is 0 Å². The molecule has 0 amide bonds. The molecule has 92 valence electrons. The molecule has 0 saturated heterocycles. The summed E-state index contributed by atoms with van der Waals surface area (Å²) in [5.74, 6) is -0.543. The molecule has 0 saturated carbocycles. The molecule has 1 unspecified atom stereocenters. The number of rotatable bonds is 5. The Hall–Kier alpha value is -1.48. The van der Waals surface area contributed by atoms with Gasteiger partial charge in [0, 0.05) is 13.1 Å². The van der Waals surface area contributed by atoms with Crippen LogP contribution < -0.4 is 5.32 Å². The van der Waals surface area contributed by atoms with Gasteiger partial charge < -0.3 is 15.5 Å². The lowest BCUT2D eigenvalue weighted by Crippen LogP contribution is -2.40. The summed E-state index contributed by atoms with van der Waals surface area (Å²) in [6.07, 6.45) is 0. The van der Waals surface area contributed by atoms with Gasteiger partial charge in [0.05, 0.1) is 17.8 Å². The predicted octanol–water partition coefficient (Wildman–Crippen LogP) is 0.530. The Bertz CT molecular complexity index is 427. The third-order valence-corrected chi connectivity index (χ3v) is 2.33. The summed E-state index contributed by atoms with van der Waals surface area (Å²) in [7, 11) is 0. The Morgan fingerprint density at radius 1 is 1.53 bits per heavy atom. The normalized spacial score (nSPS) is 14.1. The molecule has 1 aromatic rings. The summed E-state index contributed by atoms with van der Waals surface area (Å²) in [4.78, 5) is 0. The molecule has 0 bridgehead atoms. The van der Waals surface area contributed by atoms with Gasteiger partial charge in [-0.3, -0.25) is 0 Å². The summed E-state index contributed by atoms with van der Waals surface area (Å²) in [5.41, 5.74) is -0.437. The van der Waals surface area contributed by atoms with Crippen molar-refractivity contribution < 1.29 is 14.6 Å². The van der Waals surface area contributed by atoms with Crippen LogP contribution in [0.4, 0.5) is 4.39 Å². The minimum Gasteiger partial charge on any atom is -0.393 e. The number of benzene rings is 1. The van der Waals surface area contributed by atoms with E-state index in [9.17, 15) is 9.50 Å². The van der Waals surface area contributed by atoms with E-state index >= 15 is 0 Å². The predicted molar refractivity (Wildman–Crippen MR) is 60.5 cm³/mol. The first-order chi connectivity index (χ1) is 7.98. The molecule has 1 aromatic carbocycles. The van der Waals surface area contributed by atoms with Crippen LogP contribution in [0.2, 0.25) is 0 Å². The van der Waals surface area contributed by atoms with Crippen molar-refractivity contribution in [3.63, 3.8) is 0 Å². The lowest BCUT2D eigenvalue weighted by Gasteiger charge is -2.20. The summed E-state index contributed by atoms with van der Waals surface area (Å²) >= 11 is 0. The first-order valence-electron chi connectivity index (χ1n) is 5.21. The van der Waals surface area contributed by atoms with Crippen LogP contribution in [0, 0.1) is 17.1 Å². The van der Waals surface area contributed by atoms with Gasteiger partial charge in [-0.1, -0.05) is 6.07 Å². The molecular formula is C12H15FN2O2. The zero-order valence-electron chi connectivity index (χ0n) is 9.57. The van der Waals surface area contributed by atoms with Crippen molar-refractivity contribution in [3.05, 3.63) is 35.1 Å². The Labute approximate surface area is 99.3 Å². The topological polar surface area (TPSA) is 76.3 Å². The number of halogens is 1. The first-order valence-corrected chi connectivity index (χ1v) is 5.21. The number of aliphatic hydroxyl groups is 2. The van der Waals surface area contributed by atoms with E-state index in [2.05, 4.69) is 5.32 Å². The molecule has 0 aliphatic rings. The molecule has 0 spiro atoms. The molecule has 0 heterocycles. The minimum absolute atomic E-state index is 0.00165. The van der Waals surface area contributed by atoms with E-state index < -0.39 is 11.4 Å². The van der Waals surface area contributed by atoms with Crippen LogP contribution in [0.15, 0.2) is 18.2 Å². The zero-order chi connectivity index (χ0) is 12.9. The molecule has 0 fully saturated rings. The number of hydrogen-bond donors (Lipinski definition) is 3. The summed E-state index contributed by atoms with van der Waals surface area (Å²) in [6.45, 7) is 1.77. The van der Waals surface area contributed by atoms with Crippen LogP contribution in [0.5, 0.6) is 0 Å². The highest BCUT2D eigenvalue weighted by molar-refractivity contribution is 5.34. The molecule has 3 N–H and O–H groups in total. The van der Waals surface area contributed by atoms with E-state index in [4.69, 9.17) is 10.4 Å². The molecule has 0 aromatic heterocycles. The maximum Gasteiger partial charge on any atom is 0.140 e. The van der Waals surface area contributed by atoms with Crippen molar-refractivity contribution in [3.8, 4) is 6.07 Å². The Balaban J connectivity index is 2.56. The second-order valence-corrected chi connectivity index (χ2v) is 4.18. The van der Waals surface area contributed by atoms with Gasteiger partial charge in [-0.25, -0.2) is 4.39 Å². The van der Waals surface area contributed by atoms with Gasteiger partial charge >= 0.3 is 0 Å². The summed E-state index contributed by atoms with van der Waals surface area (Å²) in [5, 5.41) is 29.9. The van der Waals surface area contributed by atoms with Gasteiger partial charge in [0.25, 0.3) is 0 Å². The maximum atomic E-state index is 13.0. The highest BCUT2D eigenvalue weighted by Crippen LogP contribution is 2.09. The smallest absolute Gasteiger partial charge is 0.140 e. The fourth-order valence-corrected chi connectivity index (χ4v) is 1.30. The van der Waals surface area contributed by atoms with E-state index in [-0.39, 0.29) is 18.7 Å². The first kappa shape index (κ1) is 13.6. The Kier molecular flexibility index (Phi) is 4.58. The van der Waals surface area contributed by atoms with Crippen molar-refractivity contribution in [1.82, 2.24) is 5.32 Å². The number of nitrogens with zero attached hydrogens (tertiary/aromatic N) is 1. The fraction of sp³-hybridized carbons (Fsp3) is 0.417. The van der Waals surface area contributed by atoms with Crippen LogP contribution in [0.3, 0.4) is 0 Å². The maximum absolute atomic E-state index is 13.0. The van der Waals surface area contributed by atoms with Gasteiger partial charge in [-0.15, -0.1) is 0 Å². The van der Waals surface area contributed by atoms with E-state index in [1.807, 2.05) is 0 Å². The SMILES string of the molecule is CC(O)(CO)CNCc1ccc(F)c(C#N)c1. The zero-order valence-corrected chi connectivity index (χ0v) is 9.57. The van der Waals surface area contributed by atoms with Crippen molar-refractivity contribution >= 4 is 0 Å². The molecule has 17 heavy (non-hydrogen) atoms.